The van der Waals surface area contributed by atoms with Crippen LogP contribution < -0.4 is 0 Å². The molecule has 0 bridgehead atoms. The van der Waals surface area contributed by atoms with Gasteiger partial charge in [-0.05, 0) is 0 Å². The molecule has 2 heterocycles. The van der Waals surface area contributed by atoms with E-state index in [1.54, 1.807) is 0 Å². The Labute approximate surface area is 78.9 Å². The molecule has 0 atom stereocenters. The maximum atomic E-state index is 4.53. The van der Waals surface area contributed by atoms with E-state index in [0.29, 0.717) is 5.92 Å². The molecule has 0 aromatic heterocycles. The Kier molecular flexibility index (Phi) is 2.01. The van der Waals surface area contributed by atoms with Crippen molar-refractivity contribution in [3.05, 3.63) is 24.4 Å². The zero-order valence-corrected chi connectivity index (χ0v) is 9.10. The second kappa shape index (κ2) is 3.02. The summed E-state index contributed by atoms with van der Waals surface area (Å²) in [5.74, 6) is 0.602. The number of fused-ring (bicyclic) bond motifs is 1. The van der Waals surface area contributed by atoms with Crippen molar-refractivity contribution < 1.29 is 0 Å². The first-order valence-electron chi connectivity index (χ1n) is 4.08. The summed E-state index contributed by atoms with van der Waals surface area (Å²) >= 11 is 0.174. The van der Waals surface area contributed by atoms with E-state index in [4.69, 9.17) is 0 Å². The molecule has 12 heavy (non-hydrogen) atoms. The van der Waals surface area contributed by atoms with E-state index in [2.05, 4.69) is 31.1 Å². The van der Waals surface area contributed by atoms with E-state index in [0.717, 1.165) is 0 Å². The third-order valence-electron chi connectivity index (χ3n) is 1.77. The molecule has 0 aromatic carbocycles. The van der Waals surface area contributed by atoms with Gasteiger partial charge in [0.2, 0.25) is 0 Å². The van der Waals surface area contributed by atoms with Gasteiger partial charge in [0.1, 0.15) is 0 Å². The van der Waals surface area contributed by atoms with Crippen molar-refractivity contribution in [3.63, 3.8) is 0 Å². The Bertz CT molecular complexity index is 310. The van der Waals surface area contributed by atoms with Crippen molar-refractivity contribution in [2.75, 3.05) is 0 Å². The van der Waals surface area contributed by atoms with E-state index in [1.807, 2.05) is 17.3 Å². The minimum absolute atomic E-state index is 0.174. The van der Waals surface area contributed by atoms with Gasteiger partial charge in [0.25, 0.3) is 0 Å². The van der Waals surface area contributed by atoms with E-state index < -0.39 is 0 Å². The van der Waals surface area contributed by atoms with Gasteiger partial charge in [0.05, 0.1) is 0 Å². The van der Waals surface area contributed by atoms with E-state index >= 15 is 0 Å². The number of allylic oxidation sites excluding steroid dienone is 2. The summed E-state index contributed by atoms with van der Waals surface area (Å²) in [5.41, 5.74) is 0. The monoisotopic (exact) mass is 222 g/mol. The minimum atomic E-state index is 0.174. The number of hydrogen-bond acceptors (Lipinski definition) is 2. The SMILES string of the molecule is CC(C)C1=NN2C=CC=CC2=[As]1. The van der Waals surface area contributed by atoms with Crippen molar-refractivity contribution >= 4 is 24.2 Å². The Balaban J connectivity index is 2.29. The van der Waals surface area contributed by atoms with Gasteiger partial charge in [-0.1, -0.05) is 0 Å². The van der Waals surface area contributed by atoms with Crippen LogP contribution in [0.15, 0.2) is 29.5 Å². The Morgan fingerprint density at radius 3 is 2.92 bits per heavy atom. The molecular weight excluding hydrogens is 211 g/mol. The van der Waals surface area contributed by atoms with Gasteiger partial charge in [-0.2, -0.15) is 0 Å². The average Bonchev–Trinajstić information content (AvgIpc) is 2.46. The van der Waals surface area contributed by atoms with Crippen molar-refractivity contribution in [3.8, 4) is 0 Å². The van der Waals surface area contributed by atoms with Crippen molar-refractivity contribution in [1.82, 2.24) is 5.01 Å². The molecule has 0 unspecified atom stereocenters. The molecule has 2 rings (SSSR count). The van der Waals surface area contributed by atoms with Crippen molar-refractivity contribution in [1.29, 1.82) is 0 Å². The van der Waals surface area contributed by atoms with Crippen LogP contribution in [0.2, 0.25) is 0 Å². The Hall–Kier alpha value is -0.622. The van der Waals surface area contributed by atoms with Crippen molar-refractivity contribution in [2.45, 2.75) is 13.8 Å². The number of hydrazone groups is 1. The predicted molar refractivity (Wildman–Crippen MR) is 53.2 cm³/mol. The molecule has 2 nitrogen and oxygen atoms in total. The molecule has 0 saturated heterocycles. The van der Waals surface area contributed by atoms with Gasteiger partial charge >= 0.3 is 78.5 Å². The summed E-state index contributed by atoms with van der Waals surface area (Å²) in [7, 11) is 0. The normalized spacial score (nSPS) is 21.1. The first kappa shape index (κ1) is 8.00. The van der Waals surface area contributed by atoms with Crippen LogP contribution >= 0.6 is 0 Å². The third kappa shape index (κ3) is 1.31. The number of rotatable bonds is 1. The summed E-state index contributed by atoms with van der Waals surface area (Å²) in [4.78, 5) is 0. The first-order chi connectivity index (χ1) is 5.77. The second-order valence-corrected chi connectivity index (χ2v) is 5.52. The zero-order valence-electron chi connectivity index (χ0n) is 7.23. The van der Waals surface area contributed by atoms with Crippen LogP contribution in [0.3, 0.4) is 0 Å². The topological polar surface area (TPSA) is 15.6 Å². The molecule has 2 aliphatic heterocycles. The van der Waals surface area contributed by atoms with Gasteiger partial charge in [-0.15, -0.1) is 0 Å². The fourth-order valence-corrected chi connectivity index (χ4v) is 3.21. The quantitative estimate of drug-likeness (QED) is 0.608. The van der Waals surface area contributed by atoms with Crippen LogP contribution in [-0.2, 0) is 0 Å². The number of hydrogen-bond donors (Lipinski definition) is 0. The standard InChI is InChI=1S/C9H11AsN2/c1-7(2)9-10-8-5-3-4-6-12(8)11-9/h3-7H,1-2H3. The van der Waals surface area contributed by atoms with Crippen LogP contribution in [0, 0.1) is 5.92 Å². The number of nitrogens with zero attached hydrogens (tertiary/aromatic N) is 2. The van der Waals surface area contributed by atoms with Crippen LogP contribution in [0.5, 0.6) is 0 Å². The molecule has 0 N–H and O–H groups in total. The zero-order chi connectivity index (χ0) is 8.55. The molecule has 3 heteroatoms. The molecule has 2 aliphatic rings. The molecule has 0 aromatic rings. The van der Waals surface area contributed by atoms with Gasteiger partial charge in [0.15, 0.2) is 0 Å². The van der Waals surface area contributed by atoms with Gasteiger partial charge in [-0.3, -0.25) is 0 Å². The third-order valence-corrected chi connectivity index (χ3v) is 4.75. The fourth-order valence-electron chi connectivity index (χ4n) is 1.09. The summed E-state index contributed by atoms with van der Waals surface area (Å²) in [6.45, 7) is 4.42. The molecule has 0 spiro atoms. The predicted octanol–water partition coefficient (Wildman–Crippen LogP) is 1.19. The van der Waals surface area contributed by atoms with E-state index in [-0.39, 0.29) is 15.3 Å². The van der Waals surface area contributed by atoms with E-state index in [1.165, 1.54) is 8.93 Å². The molecule has 0 amide bonds. The van der Waals surface area contributed by atoms with Crippen LogP contribution in [0.1, 0.15) is 13.8 Å². The molecular formula is C9H11AsN2. The summed E-state index contributed by atoms with van der Waals surface area (Å²) in [5, 5.41) is 6.54. The summed E-state index contributed by atoms with van der Waals surface area (Å²) in [6.07, 6.45) is 8.30. The molecule has 62 valence electrons. The van der Waals surface area contributed by atoms with E-state index in [9.17, 15) is 0 Å². The fraction of sp³-hybridized carbons (Fsp3) is 0.333. The van der Waals surface area contributed by atoms with Crippen LogP contribution in [0.4, 0.5) is 0 Å². The average molecular weight is 222 g/mol. The van der Waals surface area contributed by atoms with Gasteiger partial charge in [-0.25, -0.2) is 0 Å². The van der Waals surface area contributed by atoms with Crippen LogP contribution in [0.25, 0.3) is 0 Å². The summed E-state index contributed by atoms with van der Waals surface area (Å²) in [6, 6.07) is 0. The van der Waals surface area contributed by atoms with Gasteiger partial charge < -0.3 is 0 Å². The maximum absolute atomic E-state index is 4.53. The van der Waals surface area contributed by atoms with Crippen LogP contribution in [-0.4, -0.2) is 29.2 Å². The molecule has 0 saturated carbocycles. The Morgan fingerprint density at radius 2 is 2.25 bits per heavy atom. The van der Waals surface area contributed by atoms with Crippen molar-refractivity contribution in [2.24, 2.45) is 11.0 Å². The molecule has 0 radical (unpaired) electrons. The Morgan fingerprint density at radius 1 is 1.42 bits per heavy atom. The first-order valence-corrected chi connectivity index (χ1v) is 5.96. The summed E-state index contributed by atoms with van der Waals surface area (Å²) < 4.78 is 2.76. The van der Waals surface area contributed by atoms with Gasteiger partial charge in [0, 0.05) is 0 Å². The molecule has 0 fully saturated rings. The molecule has 0 aliphatic carbocycles. The second-order valence-electron chi connectivity index (χ2n) is 3.13.